The summed E-state index contributed by atoms with van der Waals surface area (Å²) >= 11 is 6.06. The van der Waals surface area contributed by atoms with Gasteiger partial charge in [-0.25, -0.2) is 9.37 Å². The molecule has 13 heteroatoms. The normalized spacial score (nSPS) is 14.1. The number of anilines is 1. The van der Waals surface area contributed by atoms with E-state index in [1.165, 1.54) is 35.5 Å². The molecule has 1 aliphatic carbocycles. The van der Waals surface area contributed by atoms with Crippen molar-refractivity contribution in [2.45, 2.75) is 25.3 Å². The third-order valence-electron chi connectivity index (χ3n) is 6.60. The lowest BCUT2D eigenvalue weighted by molar-refractivity contribution is -0.615. The van der Waals surface area contributed by atoms with Crippen LogP contribution < -0.4 is 10.5 Å². The highest BCUT2D eigenvalue weighted by atomic mass is 35.5. The summed E-state index contributed by atoms with van der Waals surface area (Å²) in [6, 6.07) is 8.91. The molecule has 4 aromatic heterocycles. The van der Waals surface area contributed by atoms with Crippen LogP contribution in [0.1, 0.15) is 31.0 Å². The quantitative estimate of drug-likeness (QED) is 0.188. The molecular formula is C25H20ClF2N9O. The number of nitrogens with zero attached hydrogens (tertiary/aromatic N) is 8. The van der Waals surface area contributed by atoms with Crippen molar-refractivity contribution in [1.29, 1.82) is 0 Å². The van der Waals surface area contributed by atoms with Gasteiger partial charge >= 0.3 is 0 Å². The van der Waals surface area contributed by atoms with Crippen LogP contribution in [-0.2, 0) is 0 Å². The molecule has 0 saturated heterocycles. The first-order chi connectivity index (χ1) is 18.4. The van der Waals surface area contributed by atoms with E-state index in [0.717, 1.165) is 12.8 Å². The van der Waals surface area contributed by atoms with Gasteiger partial charge in [0, 0.05) is 23.4 Å². The fourth-order valence-corrected chi connectivity index (χ4v) is 4.68. The second kappa shape index (κ2) is 9.45. The van der Waals surface area contributed by atoms with E-state index in [2.05, 4.69) is 25.6 Å². The van der Waals surface area contributed by atoms with Crippen molar-refractivity contribution >= 4 is 17.4 Å². The van der Waals surface area contributed by atoms with Crippen molar-refractivity contribution < 1.29 is 13.5 Å². The predicted octanol–water partition coefficient (Wildman–Crippen LogP) is 4.12. The van der Waals surface area contributed by atoms with Crippen molar-refractivity contribution in [2.75, 3.05) is 5.73 Å². The summed E-state index contributed by atoms with van der Waals surface area (Å²) in [7, 11) is 0. The first kappa shape index (κ1) is 23.9. The van der Waals surface area contributed by atoms with E-state index in [1.807, 2.05) is 0 Å². The molecule has 1 aromatic carbocycles. The van der Waals surface area contributed by atoms with Gasteiger partial charge in [-0.15, -0.1) is 5.10 Å². The SMILES string of the molecule is Nc1ccc(-c2cnn(C(CC3CC3)c3ccc(-c4c(-n5cnnn5)ccc(Cl)c4F)c[n+]3[O-])c2)c(F)n1. The van der Waals surface area contributed by atoms with Gasteiger partial charge in [-0.05, 0) is 53.1 Å². The molecule has 0 spiro atoms. The Morgan fingerprint density at radius 1 is 1.13 bits per heavy atom. The van der Waals surface area contributed by atoms with E-state index >= 15 is 4.39 Å². The van der Waals surface area contributed by atoms with Crippen molar-refractivity contribution in [3.63, 3.8) is 0 Å². The number of hydrogen-bond acceptors (Lipinski definition) is 7. The van der Waals surface area contributed by atoms with Gasteiger partial charge in [-0.2, -0.15) is 18.9 Å². The highest BCUT2D eigenvalue weighted by molar-refractivity contribution is 6.31. The van der Waals surface area contributed by atoms with Gasteiger partial charge in [0.2, 0.25) is 11.6 Å². The molecule has 0 aliphatic heterocycles. The van der Waals surface area contributed by atoms with Crippen LogP contribution in [-0.4, -0.2) is 35.0 Å². The van der Waals surface area contributed by atoms with Crippen LogP contribution in [0.15, 0.2) is 61.3 Å². The van der Waals surface area contributed by atoms with E-state index in [-0.39, 0.29) is 22.0 Å². The standard InChI is InChI=1S/C25H20ClF2N9O/c26-18-5-7-20(36-13-30-33-34-36)23(24(18)27)15-3-6-19(37(38)12-15)21(9-14-1-2-14)35-11-16(10-31-35)17-4-8-22(29)32-25(17)28/h3-8,10-14,21H,1-2,9H2,(H2,29,32). The number of nitrogen functional groups attached to an aromatic ring is 1. The lowest BCUT2D eigenvalue weighted by Gasteiger charge is -2.18. The smallest absolute Gasteiger partial charge is 0.222 e. The fraction of sp³-hybridized carbons (Fsp3) is 0.200. The summed E-state index contributed by atoms with van der Waals surface area (Å²) in [4.78, 5) is 3.68. The summed E-state index contributed by atoms with van der Waals surface area (Å²) in [6.45, 7) is 0. The minimum atomic E-state index is -0.700. The first-order valence-electron chi connectivity index (χ1n) is 11.8. The molecule has 0 bridgehead atoms. The van der Waals surface area contributed by atoms with Crippen LogP contribution >= 0.6 is 11.6 Å². The number of halogens is 3. The van der Waals surface area contributed by atoms with Crippen LogP contribution in [0.2, 0.25) is 5.02 Å². The molecule has 192 valence electrons. The molecule has 1 saturated carbocycles. The number of benzene rings is 1. The molecule has 2 N–H and O–H groups in total. The molecule has 1 aliphatic rings. The average molecular weight is 536 g/mol. The third-order valence-corrected chi connectivity index (χ3v) is 6.89. The summed E-state index contributed by atoms with van der Waals surface area (Å²) in [5, 5.41) is 28.8. The van der Waals surface area contributed by atoms with Gasteiger partial charge in [0.15, 0.2) is 12.0 Å². The Labute approximate surface area is 219 Å². The summed E-state index contributed by atoms with van der Waals surface area (Å²) < 4.78 is 33.3. The fourth-order valence-electron chi connectivity index (χ4n) is 4.52. The summed E-state index contributed by atoms with van der Waals surface area (Å²) in [5.74, 6) is -0.873. The zero-order valence-electron chi connectivity index (χ0n) is 19.7. The Hall–Kier alpha value is -4.45. The van der Waals surface area contributed by atoms with Crippen LogP contribution in [0.5, 0.6) is 0 Å². The minimum Gasteiger partial charge on any atom is -0.618 e. The van der Waals surface area contributed by atoms with Gasteiger partial charge in [0.25, 0.3) is 0 Å². The molecule has 0 radical (unpaired) electrons. The molecule has 1 fully saturated rings. The maximum Gasteiger partial charge on any atom is 0.222 e. The van der Waals surface area contributed by atoms with Gasteiger partial charge in [0.05, 0.1) is 28.0 Å². The Balaban J connectivity index is 1.40. The Kier molecular flexibility index (Phi) is 5.95. The number of nitrogens with two attached hydrogens (primary N) is 1. The largest absolute Gasteiger partial charge is 0.618 e. The summed E-state index contributed by atoms with van der Waals surface area (Å²) in [6.07, 6.45) is 8.62. The van der Waals surface area contributed by atoms with E-state index in [1.54, 1.807) is 35.1 Å². The van der Waals surface area contributed by atoms with Crippen molar-refractivity contribution in [3.8, 4) is 27.9 Å². The lowest BCUT2D eigenvalue weighted by atomic mass is 10.0. The van der Waals surface area contributed by atoms with Gasteiger partial charge < -0.3 is 10.9 Å². The van der Waals surface area contributed by atoms with Crippen molar-refractivity contribution in [2.24, 2.45) is 5.92 Å². The number of tetrazole rings is 1. The second-order valence-electron chi connectivity index (χ2n) is 9.16. The Morgan fingerprint density at radius 2 is 1.97 bits per heavy atom. The Bertz CT molecular complexity index is 1640. The molecule has 10 nitrogen and oxygen atoms in total. The topological polar surface area (TPSA) is 127 Å². The first-order valence-corrected chi connectivity index (χ1v) is 12.2. The second-order valence-corrected chi connectivity index (χ2v) is 9.56. The number of hydrogen-bond donors (Lipinski definition) is 1. The maximum absolute atomic E-state index is 15.2. The number of pyridine rings is 2. The van der Waals surface area contributed by atoms with Gasteiger partial charge in [0.1, 0.15) is 18.2 Å². The van der Waals surface area contributed by atoms with E-state index < -0.39 is 17.8 Å². The van der Waals surface area contributed by atoms with Crippen LogP contribution in [0.25, 0.3) is 27.9 Å². The predicted molar refractivity (Wildman–Crippen MR) is 134 cm³/mol. The van der Waals surface area contributed by atoms with Crippen LogP contribution in [0.3, 0.4) is 0 Å². The molecular weight excluding hydrogens is 516 g/mol. The van der Waals surface area contributed by atoms with Gasteiger partial charge in [-0.1, -0.05) is 24.4 Å². The third kappa shape index (κ3) is 4.43. The molecule has 38 heavy (non-hydrogen) atoms. The molecule has 1 unspecified atom stereocenters. The molecule has 5 aromatic rings. The molecule has 1 atom stereocenters. The minimum absolute atomic E-state index is 0.0807. The zero-order valence-corrected chi connectivity index (χ0v) is 20.5. The lowest BCUT2D eigenvalue weighted by Crippen LogP contribution is -2.35. The van der Waals surface area contributed by atoms with E-state index in [0.29, 0.717) is 39.6 Å². The number of aromatic nitrogens is 8. The zero-order chi connectivity index (χ0) is 26.4. The Morgan fingerprint density at radius 3 is 2.68 bits per heavy atom. The van der Waals surface area contributed by atoms with E-state index in [4.69, 9.17) is 17.3 Å². The highest BCUT2D eigenvalue weighted by Crippen LogP contribution is 2.39. The molecule has 4 heterocycles. The summed E-state index contributed by atoms with van der Waals surface area (Å²) in [5.41, 5.74) is 7.47. The molecule has 0 amide bonds. The highest BCUT2D eigenvalue weighted by Gasteiger charge is 2.32. The number of rotatable bonds is 7. The van der Waals surface area contributed by atoms with Crippen LogP contribution in [0, 0.1) is 22.9 Å². The van der Waals surface area contributed by atoms with Crippen LogP contribution in [0.4, 0.5) is 14.6 Å². The van der Waals surface area contributed by atoms with E-state index in [9.17, 15) is 9.60 Å². The van der Waals surface area contributed by atoms with Crippen molar-refractivity contribution in [1.82, 2.24) is 35.0 Å². The monoisotopic (exact) mass is 535 g/mol. The maximum atomic E-state index is 15.2. The van der Waals surface area contributed by atoms with Crippen molar-refractivity contribution in [3.05, 3.63) is 89.0 Å². The average Bonchev–Trinajstić information content (AvgIpc) is 3.33. The van der Waals surface area contributed by atoms with Gasteiger partial charge in [-0.3, -0.25) is 4.68 Å². The molecule has 6 rings (SSSR count).